The van der Waals surface area contributed by atoms with Gasteiger partial charge in [-0.3, -0.25) is 0 Å². The number of hydrogen-bond donors (Lipinski definition) is 0. The first-order valence-corrected chi connectivity index (χ1v) is 8.99. The highest BCUT2D eigenvalue weighted by molar-refractivity contribution is 6.29. The normalized spacial score (nSPS) is 12.0. The zero-order valence-corrected chi connectivity index (χ0v) is 14.7. The lowest BCUT2D eigenvalue weighted by Gasteiger charge is -2.14. The van der Waals surface area contributed by atoms with Gasteiger partial charge in [-0.15, -0.1) is 0 Å². The van der Waals surface area contributed by atoms with Crippen LogP contribution in [0.15, 0.2) is 0 Å². The van der Waals surface area contributed by atoms with Crippen LogP contribution in [0.5, 0.6) is 0 Å². The highest BCUT2D eigenvalue weighted by Gasteiger charge is 2.18. The minimum atomic E-state index is -0.848. The maximum absolute atomic E-state index is 11.5. The van der Waals surface area contributed by atoms with Crippen molar-refractivity contribution in [2.45, 2.75) is 85.0 Å². The Morgan fingerprint density at radius 2 is 1.36 bits per heavy atom. The Morgan fingerprint density at radius 1 is 0.773 bits per heavy atom. The summed E-state index contributed by atoms with van der Waals surface area (Å²) in [5.74, 6) is -1.35. The molecule has 0 aliphatic rings. The summed E-state index contributed by atoms with van der Waals surface area (Å²) in [4.78, 5) is 23.0. The molecule has 0 spiro atoms. The van der Waals surface area contributed by atoms with Gasteiger partial charge in [0.2, 0.25) is 0 Å². The van der Waals surface area contributed by atoms with Gasteiger partial charge < -0.3 is 9.47 Å². The molecule has 0 aliphatic heterocycles. The molecule has 1 atom stereocenters. The van der Waals surface area contributed by atoms with E-state index in [2.05, 4.69) is 20.8 Å². The standard InChI is InChI=1S/C18H34O4/c1-4-7-9-10-11-12-14-21-17(19)18(20)22-15-16(6-3)13-8-5-2/h16H,4-15H2,1-3H3. The van der Waals surface area contributed by atoms with Crippen LogP contribution in [0.2, 0.25) is 0 Å². The molecule has 0 aromatic rings. The minimum absolute atomic E-state index is 0.313. The van der Waals surface area contributed by atoms with E-state index in [1.807, 2.05) is 0 Å². The molecule has 0 radical (unpaired) electrons. The minimum Gasteiger partial charge on any atom is -0.457 e. The monoisotopic (exact) mass is 314 g/mol. The Hall–Kier alpha value is -1.06. The van der Waals surface area contributed by atoms with E-state index in [4.69, 9.17) is 9.47 Å². The Bertz CT molecular complexity index is 289. The summed E-state index contributed by atoms with van der Waals surface area (Å²) >= 11 is 0. The molecule has 0 aliphatic carbocycles. The predicted octanol–water partition coefficient (Wildman–Crippen LogP) is 4.65. The molecule has 130 valence electrons. The lowest BCUT2D eigenvalue weighted by atomic mass is 10.0. The average molecular weight is 314 g/mol. The topological polar surface area (TPSA) is 52.6 Å². The van der Waals surface area contributed by atoms with Crippen LogP contribution in [0.3, 0.4) is 0 Å². The van der Waals surface area contributed by atoms with Crippen molar-refractivity contribution in [1.82, 2.24) is 0 Å². The molecule has 0 saturated carbocycles. The van der Waals surface area contributed by atoms with Gasteiger partial charge in [-0.1, -0.05) is 72.1 Å². The van der Waals surface area contributed by atoms with Gasteiger partial charge in [0, 0.05) is 0 Å². The molecule has 0 aromatic carbocycles. The van der Waals surface area contributed by atoms with Gasteiger partial charge in [-0.05, 0) is 18.8 Å². The molecule has 1 unspecified atom stereocenters. The largest absolute Gasteiger partial charge is 0.457 e. The number of carbonyl (C=O) groups excluding carboxylic acids is 2. The van der Waals surface area contributed by atoms with E-state index in [-0.39, 0.29) is 0 Å². The summed E-state index contributed by atoms with van der Waals surface area (Å²) in [6.45, 7) is 7.02. The van der Waals surface area contributed by atoms with E-state index in [0.717, 1.165) is 44.9 Å². The number of ether oxygens (including phenoxy) is 2. The zero-order valence-electron chi connectivity index (χ0n) is 14.7. The molecule has 0 amide bonds. The summed E-state index contributed by atoms with van der Waals surface area (Å²) in [7, 11) is 0. The van der Waals surface area contributed by atoms with Crippen LogP contribution in [0.25, 0.3) is 0 Å². The van der Waals surface area contributed by atoms with Crippen molar-refractivity contribution in [3.63, 3.8) is 0 Å². The number of carbonyl (C=O) groups is 2. The van der Waals surface area contributed by atoms with Crippen molar-refractivity contribution in [3.8, 4) is 0 Å². The lowest BCUT2D eigenvalue weighted by Crippen LogP contribution is -2.23. The Balaban J connectivity index is 3.67. The average Bonchev–Trinajstić information content (AvgIpc) is 2.53. The fourth-order valence-corrected chi connectivity index (χ4v) is 2.26. The second kappa shape index (κ2) is 14.9. The summed E-state index contributed by atoms with van der Waals surface area (Å²) in [5.41, 5.74) is 0. The fraction of sp³-hybridized carbons (Fsp3) is 0.889. The van der Waals surface area contributed by atoms with E-state index >= 15 is 0 Å². The van der Waals surface area contributed by atoms with Crippen LogP contribution < -0.4 is 0 Å². The van der Waals surface area contributed by atoms with Crippen molar-refractivity contribution in [2.24, 2.45) is 5.92 Å². The SMILES string of the molecule is CCCCCCCCOC(=O)C(=O)OCC(CC)CCCC. The van der Waals surface area contributed by atoms with Gasteiger partial charge in [0.15, 0.2) is 0 Å². The van der Waals surface area contributed by atoms with Crippen LogP contribution in [-0.2, 0) is 19.1 Å². The Labute approximate surface area is 135 Å². The Kier molecular flexibility index (Phi) is 14.1. The van der Waals surface area contributed by atoms with Gasteiger partial charge >= 0.3 is 11.9 Å². The van der Waals surface area contributed by atoms with Crippen molar-refractivity contribution >= 4 is 11.9 Å². The molecule has 4 heteroatoms. The molecule has 0 fully saturated rings. The first-order valence-electron chi connectivity index (χ1n) is 8.99. The van der Waals surface area contributed by atoms with E-state index < -0.39 is 11.9 Å². The van der Waals surface area contributed by atoms with E-state index in [0.29, 0.717) is 19.1 Å². The third-order valence-corrected chi connectivity index (χ3v) is 3.89. The molecule has 22 heavy (non-hydrogen) atoms. The number of rotatable bonds is 13. The summed E-state index contributed by atoms with van der Waals surface area (Å²) in [6.07, 6.45) is 11.0. The smallest absolute Gasteiger partial charge is 0.417 e. The van der Waals surface area contributed by atoms with Gasteiger partial charge in [0.05, 0.1) is 13.2 Å². The van der Waals surface area contributed by atoms with Crippen LogP contribution >= 0.6 is 0 Å². The van der Waals surface area contributed by atoms with E-state index in [9.17, 15) is 9.59 Å². The summed E-state index contributed by atoms with van der Waals surface area (Å²) in [6, 6.07) is 0. The second-order valence-corrected chi connectivity index (χ2v) is 5.92. The van der Waals surface area contributed by atoms with Crippen molar-refractivity contribution in [3.05, 3.63) is 0 Å². The molecule has 0 aromatic heterocycles. The molecule has 0 rings (SSSR count). The molecular weight excluding hydrogens is 280 g/mol. The quantitative estimate of drug-likeness (QED) is 0.282. The first-order chi connectivity index (χ1) is 10.7. The third-order valence-electron chi connectivity index (χ3n) is 3.89. The molecule has 0 bridgehead atoms. The number of unbranched alkanes of at least 4 members (excludes halogenated alkanes) is 6. The lowest BCUT2D eigenvalue weighted by molar-refractivity contribution is -0.168. The maximum atomic E-state index is 11.5. The van der Waals surface area contributed by atoms with Crippen LogP contribution in [-0.4, -0.2) is 25.2 Å². The van der Waals surface area contributed by atoms with Crippen molar-refractivity contribution in [2.75, 3.05) is 13.2 Å². The summed E-state index contributed by atoms with van der Waals surface area (Å²) < 4.78 is 9.99. The predicted molar refractivity (Wildman–Crippen MR) is 88.6 cm³/mol. The van der Waals surface area contributed by atoms with Crippen LogP contribution in [0.1, 0.15) is 85.0 Å². The second-order valence-electron chi connectivity index (χ2n) is 5.92. The highest BCUT2D eigenvalue weighted by Crippen LogP contribution is 2.13. The van der Waals surface area contributed by atoms with Crippen LogP contribution in [0.4, 0.5) is 0 Å². The third kappa shape index (κ3) is 11.6. The number of hydrogen-bond acceptors (Lipinski definition) is 4. The molecular formula is C18H34O4. The molecule has 0 heterocycles. The molecule has 4 nitrogen and oxygen atoms in total. The van der Waals surface area contributed by atoms with Gasteiger partial charge in [-0.25, -0.2) is 9.59 Å². The van der Waals surface area contributed by atoms with Crippen molar-refractivity contribution in [1.29, 1.82) is 0 Å². The van der Waals surface area contributed by atoms with Crippen molar-refractivity contribution < 1.29 is 19.1 Å². The summed E-state index contributed by atoms with van der Waals surface area (Å²) in [5, 5.41) is 0. The fourth-order valence-electron chi connectivity index (χ4n) is 2.26. The number of esters is 2. The van der Waals surface area contributed by atoms with Gasteiger partial charge in [0.25, 0.3) is 0 Å². The Morgan fingerprint density at radius 3 is 2.00 bits per heavy atom. The van der Waals surface area contributed by atoms with Crippen LogP contribution in [0, 0.1) is 5.92 Å². The molecule has 0 N–H and O–H groups in total. The van der Waals surface area contributed by atoms with E-state index in [1.54, 1.807) is 0 Å². The van der Waals surface area contributed by atoms with E-state index in [1.165, 1.54) is 19.3 Å². The van der Waals surface area contributed by atoms with Gasteiger partial charge in [-0.2, -0.15) is 0 Å². The first kappa shape index (κ1) is 20.9. The highest BCUT2D eigenvalue weighted by atomic mass is 16.6. The maximum Gasteiger partial charge on any atom is 0.417 e. The molecule has 0 saturated heterocycles. The zero-order chi connectivity index (χ0) is 16.6. The van der Waals surface area contributed by atoms with Gasteiger partial charge in [0.1, 0.15) is 0 Å².